The lowest BCUT2D eigenvalue weighted by Gasteiger charge is -2.15. The third-order valence-electron chi connectivity index (χ3n) is 5.23. The van der Waals surface area contributed by atoms with E-state index in [-0.39, 0.29) is 10.6 Å². The van der Waals surface area contributed by atoms with E-state index in [1.54, 1.807) is 17.9 Å². The van der Waals surface area contributed by atoms with Gasteiger partial charge in [0.05, 0.1) is 4.92 Å². The van der Waals surface area contributed by atoms with Crippen LogP contribution in [0.25, 0.3) is 10.9 Å². The Morgan fingerprint density at radius 3 is 2.13 bits per heavy atom. The van der Waals surface area contributed by atoms with Crippen LogP contribution in [-0.2, 0) is 11.0 Å². The number of H-pyrrole nitrogens is 1. The number of nitrogens with zero attached hydrogens (tertiary/aromatic N) is 1. The number of benzene rings is 3. The van der Waals surface area contributed by atoms with E-state index in [9.17, 15) is 14.7 Å². The Morgan fingerprint density at radius 1 is 0.967 bits per heavy atom. The normalized spacial score (nSPS) is 11.9. The number of hydrogen-bond donors (Lipinski definition) is 1. The lowest BCUT2D eigenvalue weighted by atomic mass is 10.1. The molecule has 0 spiro atoms. The summed E-state index contributed by atoms with van der Waals surface area (Å²) in [4.78, 5) is 14.1. The van der Waals surface area contributed by atoms with Gasteiger partial charge in [-0.15, -0.1) is 0 Å². The molecule has 0 amide bonds. The number of aromatic amines is 1. The molecule has 1 heterocycles. The molecule has 0 saturated carbocycles. The average molecular weight is 416 g/mol. The van der Waals surface area contributed by atoms with Crippen LogP contribution in [0.3, 0.4) is 0 Å². The Kier molecular flexibility index (Phi) is 5.39. The van der Waals surface area contributed by atoms with Crippen LogP contribution in [0.1, 0.15) is 11.3 Å². The summed E-state index contributed by atoms with van der Waals surface area (Å²) in [5, 5.41) is 13.5. The standard InChI is InChI=1S/C24H21N2O3P/c1-18-22(23-17-19(26(27)28)14-15-24(23)25-18)13-8-16-30(29,20-9-4-2-5-10-20)21-11-6-3-7-12-21/h2-12,14-17,25H,13H2,1H3/b16-8+. The van der Waals surface area contributed by atoms with E-state index in [2.05, 4.69) is 4.98 Å². The molecule has 0 fully saturated rings. The number of aromatic nitrogens is 1. The third kappa shape index (κ3) is 3.72. The predicted molar refractivity (Wildman–Crippen MR) is 122 cm³/mol. The Labute approximate surface area is 174 Å². The van der Waals surface area contributed by atoms with Gasteiger partial charge >= 0.3 is 0 Å². The lowest BCUT2D eigenvalue weighted by Crippen LogP contribution is -2.13. The summed E-state index contributed by atoms with van der Waals surface area (Å²) < 4.78 is 14.1. The highest BCUT2D eigenvalue weighted by molar-refractivity contribution is 7.81. The molecule has 0 radical (unpaired) electrons. The van der Waals surface area contributed by atoms with Crippen molar-refractivity contribution in [3.8, 4) is 0 Å². The molecule has 150 valence electrons. The zero-order valence-electron chi connectivity index (χ0n) is 16.5. The molecular formula is C24H21N2O3P. The molecule has 3 aromatic carbocycles. The Bertz CT molecular complexity index is 1230. The SMILES string of the molecule is Cc1[nH]c2ccc([N+](=O)[O-])cc2c1C/C=C/P(=O)(c1ccccc1)c1ccccc1. The molecule has 1 aromatic heterocycles. The number of nitrogens with one attached hydrogen (secondary N) is 1. The molecule has 0 aliphatic carbocycles. The van der Waals surface area contributed by atoms with Gasteiger partial charge in [0.1, 0.15) is 0 Å². The molecule has 4 aromatic rings. The number of nitro benzene ring substituents is 1. The van der Waals surface area contributed by atoms with Gasteiger partial charge in [-0.2, -0.15) is 0 Å². The first kappa shape index (κ1) is 19.9. The summed E-state index contributed by atoms with van der Waals surface area (Å²) in [5.41, 5.74) is 2.84. The largest absolute Gasteiger partial charge is 0.358 e. The van der Waals surface area contributed by atoms with Crippen molar-refractivity contribution in [2.75, 3.05) is 0 Å². The van der Waals surface area contributed by atoms with Gasteiger partial charge in [0.25, 0.3) is 5.69 Å². The van der Waals surface area contributed by atoms with Crippen molar-refractivity contribution in [2.45, 2.75) is 13.3 Å². The van der Waals surface area contributed by atoms with E-state index < -0.39 is 7.14 Å². The first-order valence-electron chi connectivity index (χ1n) is 9.63. The fourth-order valence-electron chi connectivity index (χ4n) is 3.69. The van der Waals surface area contributed by atoms with E-state index in [0.717, 1.165) is 32.8 Å². The Morgan fingerprint density at radius 2 is 1.57 bits per heavy atom. The highest BCUT2D eigenvalue weighted by Gasteiger charge is 2.23. The van der Waals surface area contributed by atoms with Crippen LogP contribution >= 0.6 is 7.14 Å². The van der Waals surface area contributed by atoms with Crippen molar-refractivity contribution < 1.29 is 9.49 Å². The zero-order valence-corrected chi connectivity index (χ0v) is 17.4. The fourth-order valence-corrected chi connectivity index (χ4v) is 5.96. The van der Waals surface area contributed by atoms with E-state index in [0.29, 0.717) is 6.42 Å². The van der Waals surface area contributed by atoms with Crippen LogP contribution in [-0.4, -0.2) is 9.91 Å². The van der Waals surface area contributed by atoms with Gasteiger partial charge in [-0.25, -0.2) is 0 Å². The van der Waals surface area contributed by atoms with Crippen LogP contribution in [0.4, 0.5) is 5.69 Å². The molecule has 1 N–H and O–H groups in total. The van der Waals surface area contributed by atoms with Crippen LogP contribution < -0.4 is 10.6 Å². The van der Waals surface area contributed by atoms with E-state index in [4.69, 9.17) is 0 Å². The summed E-state index contributed by atoms with van der Waals surface area (Å²) in [6.07, 6.45) is 2.44. The second-order valence-corrected chi connectivity index (χ2v) is 9.78. The first-order chi connectivity index (χ1) is 14.5. The number of nitro groups is 1. The molecule has 6 heteroatoms. The maximum absolute atomic E-state index is 14.1. The molecule has 0 bridgehead atoms. The Balaban J connectivity index is 1.73. The van der Waals surface area contributed by atoms with Gasteiger partial charge in [0, 0.05) is 39.3 Å². The minimum absolute atomic E-state index is 0.0611. The van der Waals surface area contributed by atoms with Crippen LogP contribution in [0.2, 0.25) is 0 Å². The summed E-state index contributed by atoms with van der Waals surface area (Å²) in [7, 11) is -2.94. The van der Waals surface area contributed by atoms with Crippen molar-refractivity contribution in [2.24, 2.45) is 0 Å². The fraction of sp³-hybridized carbons (Fsp3) is 0.0833. The molecule has 4 rings (SSSR count). The smallest absolute Gasteiger partial charge is 0.270 e. The maximum Gasteiger partial charge on any atom is 0.270 e. The van der Waals surface area contributed by atoms with Gasteiger partial charge in [-0.05, 0) is 30.8 Å². The third-order valence-corrected chi connectivity index (χ3v) is 7.99. The molecule has 0 aliphatic rings. The average Bonchev–Trinajstić information content (AvgIpc) is 3.09. The van der Waals surface area contributed by atoms with E-state index >= 15 is 0 Å². The monoisotopic (exact) mass is 416 g/mol. The van der Waals surface area contributed by atoms with Gasteiger partial charge in [0.2, 0.25) is 0 Å². The van der Waals surface area contributed by atoms with Crippen molar-refractivity contribution in [1.82, 2.24) is 4.98 Å². The van der Waals surface area contributed by atoms with Crippen LogP contribution in [0.5, 0.6) is 0 Å². The molecular weight excluding hydrogens is 395 g/mol. The number of non-ortho nitro benzene ring substituents is 1. The zero-order chi connectivity index (χ0) is 21.1. The second kappa shape index (κ2) is 8.13. The molecule has 0 aliphatic heterocycles. The molecule has 0 saturated heterocycles. The molecule has 5 nitrogen and oxygen atoms in total. The van der Waals surface area contributed by atoms with E-state index in [1.807, 2.05) is 73.7 Å². The maximum atomic E-state index is 14.1. The summed E-state index contributed by atoms with van der Waals surface area (Å²) >= 11 is 0. The van der Waals surface area contributed by atoms with Crippen molar-refractivity contribution in [3.63, 3.8) is 0 Å². The number of hydrogen-bond acceptors (Lipinski definition) is 3. The number of fused-ring (bicyclic) bond motifs is 1. The minimum atomic E-state index is -2.94. The van der Waals surface area contributed by atoms with Gasteiger partial charge in [0.15, 0.2) is 7.14 Å². The van der Waals surface area contributed by atoms with E-state index in [1.165, 1.54) is 6.07 Å². The highest BCUT2D eigenvalue weighted by atomic mass is 31.2. The van der Waals surface area contributed by atoms with Gasteiger partial charge in [-0.1, -0.05) is 66.7 Å². The molecule has 0 atom stereocenters. The minimum Gasteiger partial charge on any atom is -0.358 e. The predicted octanol–water partition coefficient (Wildman–Crippen LogP) is 5.45. The lowest BCUT2D eigenvalue weighted by molar-refractivity contribution is -0.384. The summed E-state index contributed by atoms with van der Waals surface area (Å²) in [6.45, 7) is 1.95. The summed E-state index contributed by atoms with van der Waals surface area (Å²) in [5.74, 6) is 1.80. The second-order valence-electron chi connectivity index (χ2n) is 7.13. The topological polar surface area (TPSA) is 76.0 Å². The van der Waals surface area contributed by atoms with Gasteiger partial charge < -0.3 is 9.55 Å². The van der Waals surface area contributed by atoms with Crippen molar-refractivity contribution >= 4 is 34.3 Å². The molecule has 30 heavy (non-hydrogen) atoms. The van der Waals surface area contributed by atoms with Crippen molar-refractivity contribution in [1.29, 1.82) is 0 Å². The quantitative estimate of drug-likeness (QED) is 0.258. The Hall–Kier alpha value is -3.43. The van der Waals surface area contributed by atoms with Crippen LogP contribution in [0.15, 0.2) is 90.8 Å². The van der Waals surface area contributed by atoms with Crippen LogP contribution in [0, 0.1) is 17.0 Å². The van der Waals surface area contributed by atoms with Gasteiger partial charge in [-0.3, -0.25) is 10.1 Å². The highest BCUT2D eigenvalue weighted by Crippen LogP contribution is 2.45. The first-order valence-corrected chi connectivity index (χ1v) is 11.4. The summed E-state index contributed by atoms with van der Waals surface area (Å²) in [6, 6.07) is 23.7. The number of aryl methyl sites for hydroxylation is 1. The number of rotatable bonds is 6. The number of allylic oxidation sites excluding steroid dienone is 1. The van der Waals surface area contributed by atoms with Crippen molar-refractivity contribution in [3.05, 3.63) is 112 Å². The molecule has 0 unspecified atom stereocenters.